The Kier molecular flexibility index (Phi) is 6.47. The number of aromatic nitrogens is 1. The Morgan fingerprint density at radius 3 is 2.26 bits per heavy atom. The van der Waals surface area contributed by atoms with Gasteiger partial charge in [-0.1, -0.05) is 37.7 Å². The zero-order valence-electron chi connectivity index (χ0n) is 15.2. The van der Waals surface area contributed by atoms with Gasteiger partial charge >= 0.3 is 0 Å². The maximum Gasteiger partial charge on any atom is 0.234 e. The zero-order valence-corrected chi connectivity index (χ0v) is 16.8. The van der Waals surface area contributed by atoms with Crippen molar-refractivity contribution >= 4 is 56.5 Å². The molecule has 140 valence electrons. The minimum Gasteiger partial charge on any atom is -0.326 e. The van der Waals surface area contributed by atoms with Gasteiger partial charge in [-0.25, -0.2) is 4.98 Å². The van der Waals surface area contributed by atoms with Crippen molar-refractivity contribution in [2.24, 2.45) is 5.92 Å². The minimum absolute atomic E-state index is 0.00554. The van der Waals surface area contributed by atoms with Crippen LogP contribution < -0.4 is 10.6 Å². The van der Waals surface area contributed by atoms with Crippen molar-refractivity contribution < 1.29 is 9.59 Å². The molecule has 0 bridgehead atoms. The summed E-state index contributed by atoms with van der Waals surface area (Å²) in [5.74, 6) is 0.522. The summed E-state index contributed by atoms with van der Waals surface area (Å²) < 4.78 is 2.00. The van der Waals surface area contributed by atoms with Gasteiger partial charge in [-0.15, -0.1) is 11.3 Å². The van der Waals surface area contributed by atoms with Crippen molar-refractivity contribution in [3.63, 3.8) is 0 Å². The molecule has 0 spiro atoms. The second kappa shape index (κ2) is 9.01. The number of fused-ring (bicyclic) bond motifs is 1. The highest BCUT2D eigenvalue weighted by Crippen LogP contribution is 2.29. The number of amides is 2. The number of carbonyl (C=O) groups is 2. The topological polar surface area (TPSA) is 71.1 Å². The molecule has 0 unspecified atom stereocenters. The number of rotatable bonds is 7. The molecule has 7 heteroatoms. The van der Waals surface area contributed by atoms with Gasteiger partial charge in [0.1, 0.15) is 0 Å². The summed E-state index contributed by atoms with van der Waals surface area (Å²) in [7, 11) is 0. The van der Waals surface area contributed by atoms with E-state index in [0.29, 0.717) is 23.8 Å². The van der Waals surface area contributed by atoms with E-state index in [-0.39, 0.29) is 11.8 Å². The Morgan fingerprint density at radius 1 is 1.00 bits per heavy atom. The summed E-state index contributed by atoms with van der Waals surface area (Å²) in [5.41, 5.74) is 2.38. The van der Waals surface area contributed by atoms with E-state index in [0.717, 1.165) is 20.2 Å². The van der Waals surface area contributed by atoms with Crippen molar-refractivity contribution in [3.05, 3.63) is 48.5 Å². The van der Waals surface area contributed by atoms with Crippen LogP contribution in [-0.4, -0.2) is 22.6 Å². The van der Waals surface area contributed by atoms with Crippen molar-refractivity contribution in [1.29, 1.82) is 0 Å². The Morgan fingerprint density at radius 2 is 1.63 bits per heavy atom. The van der Waals surface area contributed by atoms with Crippen LogP contribution in [0.25, 0.3) is 10.2 Å². The summed E-state index contributed by atoms with van der Waals surface area (Å²) >= 11 is 3.02. The van der Waals surface area contributed by atoms with E-state index >= 15 is 0 Å². The molecule has 2 N–H and O–H groups in total. The first-order chi connectivity index (χ1) is 13.0. The second-order valence-corrected chi connectivity index (χ2v) is 8.76. The summed E-state index contributed by atoms with van der Waals surface area (Å²) in [4.78, 5) is 28.5. The number of benzene rings is 2. The molecule has 3 rings (SSSR count). The van der Waals surface area contributed by atoms with Crippen molar-refractivity contribution in [1.82, 2.24) is 4.98 Å². The van der Waals surface area contributed by atoms with Crippen LogP contribution in [0.4, 0.5) is 11.4 Å². The number of hydrogen-bond acceptors (Lipinski definition) is 5. The van der Waals surface area contributed by atoms with Gasteiger partial charge in [-0.3, -0.25) is 9.59 Å². The number of anilines is 2. The number of carbonyl (C=O) groups excluding carboxylic acids is 2. The third-order valence-electron chi connectivity index (χ3n) is 3.65. The molecule has 0 aliphatic carbocycles. The van der Waals surface area contributed by atoms with E-state index in [4.69, 9.17) is 0 Å². The van der Waals surface area contributed by atoms with Crippen molar-refractivity contribution in [2.45, 2.75) is 24.6 Å². The molecule has 0 fully saturated rings. The van der Waals surface area contributed by atoms with E-state index in [9.17, 15) is 9.59 Å². The molecule has 3 aromatic rings. The summed E-state index contributed by atoms with van der Waals surface area (Å²) in [5, 5.41) is 5.71. The largest absolute Gasteiger partial charge is 0.326 e. The summed E-state index contributed by atoms with van der Waals surface area (Å²) in [6, 6.07) is 15.1. The normalized spacial score (nSPS) is 10.9. The van der Waals surface area contributed by atoms with Crippen LogP contribution in [0.5, 0.6) is 0 Å². The molecule has 1 heterocycles. The van der Waals surface area contributed by atoms with E-state index in [1.165, 1.54) is 11.8 Å². The molecule has 5 nitrogen and oxygen atoms in total. The molecule has 0 aliphatic heterocycles. The molecule has 0 radical (unpaired) electrons. The van der Waals surface area contributed by atoms with Crippen LogP contribution in [0.2, 0.25) is 0 Å². The average molecular weight is 400 g/mol. The lowest BCUT2D eigenvalue weighted by molar-refractivity contribution is -0.117. The minimum atomic E-state index is -0.0872. The molecule has 0 saturated heterocycles. The Hall–Kier alpha value is -2.38. The van der Waals surface area contributed by atoms with Gasteiger partial charge in [0.05, 0.1) is 16.0 Å². The number of thioether (sulfide) groups is 1. The molecule has 0 saturated carbocycles. The van der Waals surface area contributed by atoms with Gasteiger partial charge in [0.25, 0.3) is 0 Å². The maximum absolute atomic E-state index is 12.2. The first kappa shape index (κ1) is 19.4. The van der Waals surface area contributed by atoms with Gasteiger partial charge in [0, 0.05) is 17.8 Å². The first-order valence-electron chi connectivity index (χ1n) is 8.68. The number of para-hydroxylation sites is 1. The number of nitrogens with one attached hydrogen (secondary N) is 2. The van der Waals surface area contributed by atoms with Crippen LogP contribution in [0.3, 0.4) is 0 Å². The molecule has 0 aliphatic rings. The Labute approximate surface area is 166 Å². The first-order valence-corrected chi connectivity index (χ1v) is 10.5. The Balaban J connectivity index is 1.49. The van der Waals surface area contributed by atoms with E-state index in [1.807, 2.05) is 38.1 Å². The highest BCUT2D eigenvalue weighted by atomic mass is 32.2. The van der Waals surface area contributed by atoms with Crippen LogP contribution >= 0.6 is 23.1 Å². The van der Waals surface area contributed by atoms with Crippen molar-refractivity contribution in [3.8, 4) is 0 Å². The highest BCUT2D eigenvalue weighted by Gasteiger charge is 2.09. The second-order valence-electron chi connectivity index (χ2n) is 6.51. The highest BCUT2D eigenvalue weighted by molar-refractivity contribution is 8.01. The number of nitrogens with zero attached hydrogens (tertiary/aromatic N) is 1. The van der Waals surface area contributed by atoms with E-state index in [1.54, 1.807) is 35.6 Å². The predicted molar refractivity (Wildman–Crippen MR) is 114 cm³/mol. The number of thiazole rings is 1. The van der Waals surface area contributed by atoms with E-state index in [2.05, 4.69) is 15.6 Å². The lowest BCUT2D eigenvalue weighted by Crippen LogP contribution is -2.15. The van der Waals surface area contributed by atoms with Crippen molar-refractivity contribution in [2.75, 3.05) is 16.4 Å². The smallest absolute Gasteiger partial charge is 0.234 e. The standard InChI is InChI=1S/C20H21N3O2S2/c1-13(2)11-18(24)21-14-7-9-15(10-8-14)22-19(25)12-26-20-23-16-5-3-4-6-17(16)27-20/h3-10,13H,11-12H2,1-2H3,(H,21,24)(H,22,25). The molecule has 1 aromatic heterocycles. The van der Waals surface area contributed by atoms with Crippen LogP contribution in [0.15, 0.2) is 52.9 Å². The maximum atomic E-state index is 12.2. The zero-order chi connectivity index (χ0) is 19.2. The quantitative estimate of drug-likeness (QED) is 0.548. The molecule has 27 heavy (non-hydrogen) atoms. The monoisotopic (exact) mass is 399 g/mol. The predicted octanol–water partition coefficient (Wildman–Crippen LogP) is 5.01. The number of hydrogen-bond donors (Lipinski definition) is 2. The molecule has 2 aromatic carbocycles. The Bertz CT molecular complexity index is 903. The lowest BCUT2D eigenvalue weighted by Gasteiger charge is -2.09. The van der Waals surface area contributed by atoms with Gasteiger partial charge < -0.3 is 10.6 Å². The van der Waals surface area contributed by atoms with Crippen LogP contribution in [0, 0.1) is 5.92 Å². The average Bonchev–Trinajstić information content (AvgIpc) is 3.04. The van der Waals surface area contributed by atoms with Gasteiger partial charge in [-0.05, 0) is 42.3 Å². The van der Waals surface area contributed by atoms with Crippen LogP contribution in [-0.2, 0) is 9.59 Å². The fraction of sp³-hybridized carbons (Fsp3) is 0.250. The molecule has 2 amide bonds. The third-order valence-corrected chi connectivity index (χ3v) is 5.83. The molecular weight excluding hydrogens is 378 g/mol. The summed E-state index contributed by atoms with van der Waals surface area (Å²) in [6.45, 7) is 4.01. The lowest BCUT2D eigenvalue weighted by atomic mass is 10.1. The van der Waals surface area contributed by atoms with Gasteiger partial charge in [0.2, 0.25) is 11.8 Å². The van der Waals surface area contributed by atoms with Crippen LogP contribution in [0.1, 0.15) is 20.3 Å². The summed E-state index contributed by atoms with van der Waals surface area (Å²) in [6.07, 6.45) is 0.488. The fourth-order valence-electron chi connectivity index (χ4n) is 2.46. The third kappa shape index (κ3) is 5.80. The molecule has 0 atom stereocenters. The fourth-order valence-corrected chi connectivity index (χ4v) is 4.33. The van der Waals surface area contributed by atoms with Gasteiger partial charge in [0.15, 0.2) is 4.34 Å². The van der Waals surface area contributed by atoms with Gasteiger partial charge in [-0.2, -0.15) is 0 Å². The molecular formula is C20H21N3O2S2. The van der Waals surface area contributed by atoms with E-state index < -0.39 is 0 Å². The SMILES string of the molecule is CC(C)CC(=O)Nc1ccc(NC(=O)CSc2nc3ccccc3s2)cc1.